The van der Waals surface area contributed by atoms with Gasteiger partial charge in [-0.15, -0.1) is 0 Å². The van der Waals surface area contributed by atoms with Gasteiger partial charge in [-0.3, -0.25) is 9.78 Å². The molecule has 41 heavy (non-hydrogen) atoms. The highest BCUT2D eigenvalue weighted by atomic mass is 19.1. The van der Waals surface area contributed by atoms with Gasteiger partial charge in [0.05, 0.1) is 17.6 Å². The largest absolute Gasteiger partial charge is 0.462 e. The summed E-state index contributed by atoms with van der Waals surface area (Å²) in [6.07, 6.45) is 11.2. The molecular formula is C31H34F2N6O2. The van der Waals surface area contributed by atoms with E-state index in [1.165, 1.54) is 12.1 Å². The van der Waals surface area contributed by atoms with E-state index in [-0.39, 0.29) is 41.1 Å². The van der Waals surface area contributed by atoms with Crippen LogP contribution in [0.5, 0.6) is 6.01 Å². The molecule has 0 N–H and O–H groups in total. The Morgan fingerprint density at radius 1 is 1.12 bits per heavy atom. The first-order chi connectivity index (χ1) is 19.9. The molecule has 1 aliphatic carbocycles. The van der Waals surface area contributed by atoms with Gasteiger partial charge in [-0.1, -0.05) is 6.58 Å². The lowest BCUT2D eigenvalue weighted by molar-refractivity contribution is -0.127. The van der Waals surface area contributed by atoms with Gasteiger partial charge in [0.25, 0.3) is 0 Å². The van der Waals surface area contributed by atoms with Crippen molar-refractivity contribution >= 4 is 22.6 Å². The summed E-state index contributed by atoms with van der Waals surface area (Å²) in [5.74, 6) is -1.04. The molecule has 3 fully saturated rings. The zero-order valence-electron chi connectivity index (χ0n) is 23.3. The van der Waals surface area contributed by atoms with Crippen LogP contribution in [0.2, 0.25) is 0 Å². The standard InChI is InChI=1S/C31H34F2N6O2/c1-3-26(40)38-12-10-24-25(38)16-39(24)30-21-13-23(32)27(22-15-34-14-18-7-4-5-9-20(18)22)28(33)29(21)35-31(36-30)41-17-19-8-6-11-37(19)2/h3,13-15,19,24-25H,1,4-12,16-17H2,2H3/t19?,24-,25-/m1/s1. The molecule has 2 aromatic heterocycles. The molecule has 3 atom stereocenters. The Morgan fingerprint density at radius 2 is 1.98 bits per heavy atom. The van der Waals surface area contributed by atoms with Gasteiger partial charge in [0.15, 0.2) is 5.82 Å². The first-order valence-electron chi connectivity index (χ1n) is 14.6. The lowest BCUT2D eigenvalue weighted by Crippen LogP contribution is -2.63. The lowest BCUT2D eigenvalue weighted by Gasteiger charge is -2.47. The lowest BCUT2D eigenvalue weighted by atomic mass is 9.87. The minimum Gasteiger partial charge on any atom is -0.462 e. The average Bonchev–Trinajstić information content (AvgIpc) is 3.53. The summed E-state index contributed by atoms with van der Waals surface area (Å²) in [6.45, 7) is 6.14. The van der Waals surface area contributed by atoms with Crippen LogP contribution in [0.1, 0.15) is 43.2 Å². The van der Waals surface area contributed by atoms with Crippen LogP contribution in [0.4, 0.5) is 14.6 Å². The highest BCUT2D eigenvalue weighted by molar-refractivity contribution is 5.95. The number of aryl methyl sites for hydroxylation is 1. The highest BCUT2D eigenvalue weighted by Crippen LogP contribution is 2.42. The van der Waals surface area contributed by atoms with E-state index >= 15 is 8.78 Å². The smallest absolute Gasteiger partial charge is 0.319 e. The van der Waals surface area contributed by atoms with Crippen molar-refractivity contribution < 1.29 is 18.3 Å². The van der Waals surface area contributed by atoms with Crippen LogP contribution >= 0.6 is 0 Å². The van der Waals surface area contributed by atoms with Gasteiger partial charge in [-0.2, -0.15) is 9.97 Å². The van der Waals surface area contributed by atoms with Gasteiger partial charge in [-0.25, -0.2) is 8.78 Å². The molecule has 3 saturated heterocycles. The Hall–Kier alpha value is -3.66. The van der Waals surface area contributed by atoms with E-state index in [1.54, 1.807) is 6.20 Å². The second-order valence-corrected chi connectivity index (χ2v) is 11.7. The Balaban J connectivity index is 1.32. The zero-order valence-corrected chi connectivity index (χ0v) is 23.3. The molecule has 8 nitrogen and oxygen atoms in total. The normalized spacial score (nSPS) is 23.8. The van der Waals surface area contributed by atoms with Gasteiger partial charge < -0.3 is 19.4 Å². The number of hydrogen-bond donors (Lipinski definition) is 0. The molecule has 4 aliphatic rings. The van der Waals surface area contributed by atoms with Crippen molar-refractivity contribution in [1.29, 1.82) is 0 Å². The van der Waals surface area contributed by atoms with Crippen molar-refractivity contribution in [2.75, 3.05) is 38.2 Å². The summed E-state index contributed by atoms with van der Waals surface area (Å²) in [7, 11) is 2.06. The van der Waals surface area contributed by atoms with Crippen molar-refractivity contribution in [2.45, 2.75) is 63.1 Å². The minimum atomic E-state index is -0.723. The van der Waals surface area contributed by atoms with Gasteiger partial charge in [0.1, 0.15) is 23.8 Å². The molecule has 0 saturated carbocycles. The number of pyridine rings is 1. The Labute approximate surface area is 238 Å². The number of ether oxygens (including phenoxy) is 1. The van der Waals surface area contributed by atoms with E-state index in [4.69, 9.17) is 9.72 Å². The van der Waals surface area contributed by atoms with Crippen molar-refractivity contribution in [3.8, 4) is 17.1 Å². The molecule has 5 heterocycles. The van der Waals surface area contributed by atoms with Crippen molar-refractivity contribution in [2.24, 2.45) is 0 Å². The number of hydrogen-bond acceptors (Lipinski definition) is 7. The highest BCUT2D eigenvalue weighted by Gasteiger charge is 2.49. The maximum absolute atomic E-state index is 16.5. The maximum Gasteiger partial charge on any atom is 0.319 e. The Morgan fingerprint density at radius 3 is 2.78 bits per heavy atom. The fraction of sp³-hybridized carbons (Fsp3) is 0.484. The average molecular weight is 561 g/mol. The zero-order chi connectivity index (χ0) is 28.2. The molecular weight excluding hydrogens is 526 g/mol. The predicted molar refractivity (Wildman–Crippen MR) is 152 cm³/mol. The third-order valence-electron chi connectivity index (χ3n) is 9.48. The molecule has 3 aliphatic heterocycles. The van der Waals surface area contributed by atoms with Gasteiger partial charge in [-0.05, 0) is 81.8 Å². The van der Waals surface area contributed by atoms with Gasteiger partial charge >= 0.3 is 6.01 Å². The molecule has 3 aromatic rings. The quantitative estimate of drug-likeness (QED) is 0.417. The van der Waals surface area contributed by atoms with Crippen LogP contribution < -0.4 is 9.64 Å². The summed E-state index contributed by atoms with van der Waals surface area (Å²) < 4.78 is 38.5. The summed E-state index contributed by atoms with van der Waals surface area (Å²) in [4.78, 5) is 32.0. The molecule has 1 aromatic carbocycles. The number of likely N-dealkylation sites (tertiary alicyclic amines) is 2. The molecule has 1 unspecified atom stereocenters. The predicted octanol–water partition coefficient (Wildman–Crippen LogP) is 4.30. The van der Waals surface area contributed by atoms with Crippen molar-refractivity contribution in [1.82, 2.24) is 24.8 Å². The number of carbonyl (C=O) groups is 1. The first-order valence-corrected chi connectivity index (χ1v) is 14.6. The fourth-order valence-corrected chi connectivity index (χ4v) is 7.18. The van der Waals surface area contributed by atoms with E-state index in [1.807, 2.05) is 16.0 Å². The summed E-state index contributed by atoms with van der Waals surface area (Å²) in [5.41, 5.74) is 2.44. The molecule has 0 spiro atoms. The maximum atomic E-state index is 16.5. The molecule has 214 valence electrons. The molecule has 0 radical (unpaired) electrons. The topological polar surface area (TPSA) is 74.7 Å². The van der Waals surface area contributed by atoms with Crippen LogP contribution in [0.3, 0.4) is 0 Å². The van der Waals surface area contributed by atoms with E-state index < -0.39 is 11.6 Å². The monoisotopic (exact) mass is 560 g/mol. The Kier molecular flexibility index (Phi) is 6.60. The van der Waals surface area contributed by atoms with E-state index in [2.05, 4.69) is 28.5 Å². The number of halogens is 2. The van der Waals surface area contributed by atoms with Crippen LogP contribution in [-0.4, -0.2) is 82.1 Å². The van der Waals surface area contributed by atoms with Crippen LogP contribution in [0.15, 0.2) is 31.1 Å². The molecule has 10 heteroatoms. The molecule has 1 amide bonds. The number of rotatable bonds is 6. The number of carbonyl (C=O) groups excluding carboxylic acids is 1. The van der Waals surface area contributed by atoms with Crippen molar-refractivity contribution in [3.63, 3.8) is 0 Å². The summed E-state index contributed by atoms with van der Waals surface area (Å²) >= 11 is 0. The third-order valence-corrected chi connectivity index (χ3v) is 9.48. The second kappa shape index (κ2) is 10.3. The summed E-state index contributed by atoms with van der Waals surface area (Å²) in [5, 5.41) is 0.304. The van der Waals surface area contributed by atoms with Crippen LogP contribution in [-0.2, 0) is 17.6 Å². The number of aromatic nitrogens is 3. The van der Waals surface area contributed by atoms with Crippen molar-refractivity contribution in [3.05, 3.63) is 53.9 Å². The number of fused-ring (bicyclic) bond motifs is 3. The number of likely N-dealkylation sites (N-methyl/N-ethyl adjacent to an activating group) is 1. The number of nitrogens with zero attached hydrogens (tertiary/aromatic N) is 6. The van der Waals surface area contributed by atoms with Gasteiger partial charge in [0, 0.05) is 42.5 Å². The minimum absolute atomic E-state index is 0.00181. The van der Waals surface area contributed by atoms with E-state index in [0.29, 0.717) is 36.5 Å². The molecule has 7 rings (SSSR count). The first kappa shape index (κ1) is 26.3. The van der Waals surface area contributed by atoms with Crippen LogP contribution in [0.25, 0.3) is 22.0 Å². The summed E-state index contributed by atoms with van der Waals surface area (Å²) in [6, 6.07) is 1.68. The SMILES string of the molecule is C=CC(=O)N1CC[C@@H]2[C@H]1CN2c1nc(OCC2CCCN2C)nc2c(F)c(-c3cncc4c3CCCC4)c(F)cc12. The van der Waals surface area contributed by atoms with Gasteiger partial charge in [0.2, 0.25) is 5.91 Å². The number of anilines is 1. The third kappa shape index (κ3) is 4.34. The van der Waals surface area contributed by atoms with E-state index in [9.17, 15) is 4.79 Å². The fourth-order valence-electron chi connectivity index (χ4n) is 7.18. The Bertz CT molecular complexity index is 1550. The number of benzene rings is 1. The van der Waals surface area contributed by atoms with E-state index in [0.717, 1.165) is 62.6 Å². The second-order valence-electron chi connectivity index (χ2n) is 11.7. The number of amides is 1. The molecule has 0 bridgehead atoms. The van der Waals surface area contributed by atoms with Crippen LogP contribution in [0, 0.1) is 11.6 Å².